The Bertz CT molecular complexity index is 608. The molecule has 20 heavy (non-hydrogen) atoms. The number of anilines is 3. The number of hydrogen-bond donors (Lipinski definition) is 2. The molecule has 0 saturated heterocycles. The van der Waals surface area contributed by atoms with E-state index in [0.717, 1.165) is 11.5 Å². The van der Waals surface area contributed by atoms with Gasteiger partial charge in [0.15, 0.2) is 0 Å². The van der Waals surface area contributed by atoms with Gasteiger partial charge in [-0.3, -0.25) is 0 Å². The van der Waals surface area contributed by atoms with Gasteiger partial charge >= 0.3 is 0 Å². The summed E-state index contributed by atoms with van der Waals surface area (Å²) < 4.78 is 0. The third-order valence-electron chi connectivity index (χ3n) is 2.40. The summed E-state index contributed by atoms with van der Waals surface area (Å²) in [4.78, 5) is 8.61. The molecule has 0 fully saturated rings. The Balaban J connectivity index is 2.23. The fraction of sp³-hybridized carbons (Fsp3) is 0.143. The lowest BCUT2D eigenvalue weighted by Gasteiger charge is -2.10. The first-order valence-corrected chi connectivity index (χ1v) is 6.76. The van der Waals surface area contributed by atoms with Crippen LogP contribution in [-0.4, -0.2) is 16.5 Å². The molecule has 2 rings (SSSR count). The van der Waals surface area contributed by atoms with E-state index in [9.17, 15) is 0 Å². The SMILES string of the molecule is C=CCNc1cc(Nc2cc(Cl)cc(Cl)c2)nc(C)n1. The molecular weight excluding hydrogens is 295 g/mol. The van der Waals surface area contributed by atoms with Gasteiger partial charge in [-0.15, -0.1) is 6.58 Å². The molecule has 0 bridgehead atoms. The van der Waals surface area contributed by atoms with Crippen LogP contribution in [0.3, 0.4) is 0 Å². The zero-order valence-electron chi connectivity index (χ0n) is 11.0. The molecule has 1 heterocycles. The van der Waals surface area contributed by atoms with Crippen molar-refractivity contribution in [1.29, 1.82) is 0 Å². The average molecular weight is 309 g/mol. The van der Waals surface area contributed by atoms with E-state index in [0.29, 0.717) is 28.2 Å². The lowest BCUT2D eigenvalue weighted by molar-refractivity contribution is 1.05. The smallest absolute Gasteiger partial charge is 0.136 e. The molecule has 0 aliphatic heterocycles. The molecule has 1 aromatic heterocycles. The van der Waals surface area contributed by atoms with Gasteiger partial charge in [-0.25, -0.2) is 9.97 Å². The quantitative estimate of drug-likeness (QED) is 0.802. The van der Waals surface area contributed by atoms with Crippen molar-refractivity contribution in [2.24, 2.45) is 0 Å². The first-order chi connectivity index (χ1) is 9.56. The number of nitrogens with zero attached hydrogens (tertiary/aromatic N) is 2. The molecule has 0 saturated carbocycles. The maximum Gasteiger partial charge on any atom is 0.136 e. The molecule has 0 aliphatic rings. The third-order valence-corrected chi connectivity index (χ3v) is 2.84. The Labute approximate surface area is 127 Å². The number of halogens is 2. The second kappa shape index (κ2) is 6.59. The Kier molecular flexibility index (Phi) is 4.82. The summed E-state index contributed by atoms with van der Waals surface area (Å²) in [5.74, 6) is 2.06. The molecule has 0 radical (unpaired) electrons. The summed E-state index contributed by atoms with van der Waals surface area (Å²) in [6.45, 7) is 6.12. The molecule has 0 amide bonds. The Morgan fingerprint density at radius 1 is 1.10 bits per heavy atom. The monoisotopic (exact) mass is 308 g/mol. The van der Waals surface area contributed by atoms with Crippen LogP contribution in [0.2, 0.25) is 10.0 Å². The molecule has 0 unspecified atom stereocenters. The van der Waals surface area contributed by atoms with Crippen LogP contribution in [0.4, 0.5) is 17.3 Å². The van der Waals surface area contributed by atoms with Crippen molar-refractivity contribution in [3.63, 3.8) is 0 Å². The van der Waals surface area contributed by atoms with Crippen LogP contribution in [0.5, 0.6) is 0 Å². The van der Waals surface area contributed by atoms with Gasteiger partial charge in [-0.05, 0) is 25.1 Å². The van der Waals surface area contributed by atoms with Crippen LogP contribution in [0.1, 0.15) is 5.82 Å². The van der Waals surface area contributed by atoms with Gasteiger partial charge < -0.3 is 10.6 Å². The highest BCUT2D eigenvalue weighted by Crippen LogP contribution is 2.25. The van der Waals surface area contributed by atoms with Crippen molar-refractivity contribution in [1.82, 2.24) is 9.97 Å². The van der Waals surface area contributed by atoms with Gasteiger partial charge in [0.1, 0.15) is 17.5 Å². The van der Waals surface area contributed by atoms with Crippen molar-refractivity contribution < 1.29 is 0 Å². The second-order valence-electron chi connectivity index (χ2n) is 4.14. The molecule has 0 atom stereocenters. The molecule has 2 N–H and O–H groups in total. The molecule has 4 nitrogen and oxygen atoms in total. The largest absolute Gasteiger partial charge is 0.366 e. The summed E-state index contributed by atoms with van der Waals surface area (Å²) >= 11 is 11.9. The predicted molar refractivity (Wildman–Crippen MR) is 85.2 cm³/mol. The van der Waals surface area contributed by atoms with Gasteiger partial charge in [-0.2, -0.15) is 0 Å². The van der Waals surface area contributed by atoms with E-state index in [1.165, 1.54) is 0 Å². The molecule has 104 valence electrons. The van der Waals surface area contributed by atoms with Crippen LogP contribution in [0.15, 0.2) is 36.9 Å². The standard InChI is InChI=1S/C14H14Cl2N4/c1-3-4-17-13-8-14(19-9(2)18-13)20-12-6-10(15)5-11(16)7-12/h3,5-8H,1,4H2,2H3,(H2,17,18,19,20). The Hall–Kier alpha value is -1.78. The van der Waals surface area contributed by atoms with E-state index in [-0.39, 0.29) is 0 Å². The first-order valence-electron chi connectivity index (χ1n) is 6.00. The van der Waals surface area contributed by atoms with E-state index >= 15 is 0 Å². The number of rotatable bonds is 5. The molecule has 0 aliphatic carbocycles. The number of hydrogen-bond acceptors (Lipinski definition) is 4. The second-order valence-corrected chi connectivity index (χ2v) is 5.01. The lowest BCUT2D eigenvalue weighted by Crippen LogP contribution is -2.04. The highest BCUT2D eigenvalue weighted by Gasteiger charge is 2.03. The lowest BCUT2D eigenvalue weighted by atomic mass is 10.3. The van der Waals surface area contributed by atoms with Crippen molar-refractivity contribution in [2.75, 3.05) is 17.2 Å². The number of nitrogens with one attached hydrogen (secondary N) is 2. The Morgan fingerprint density at radius 2 is 1.75 bits per heavy atom. The minimum Gasteiger partial charge on any atom is -0.366 e. The van der Waals surface area contributed by atoms with Gasteiger partial charge in [0.2, 0.25) is 0 Å². The summed E-state index contributed by atoms with van der Waals surface area (Å²) in [5, 5.41) is 7.41. The van der Waals surface area contributed by atoms with E-state index in [1.54, 1.807) is 24.3 Å². The van der Waals surface area contributed by atoms with E-state index in [2.05, 4.69) is 27.2 Å². The average Bonchev–Trinajstić information content (AvgIpc) is 2.34. The van der Waals surface area contributed by atoms with Crippen molar-refractivity contribution in [3.05, 3.63) is 52.8 Å². The third kappa shape index (κ3) is 4.11. The van der Waals surface area contributed by atoms with Gasteiger partial charge in [-0.1, -0.05) is 29.3 Å². The minimum absolute atomic E-state index is 0.566. The highest BCUT2D eigenvalue weighted by atomic mass is 35.5. The van der Waals surface area contributed by atoms with Crippen LogP contribution in [0.25, 0.3) is 0 Å². The first kappa shape index (κ1) is 14.6. The zero-order valence-corrected chi connectivity index (χ0v) is 12.5. The number of benzene rings is 1. The van der Waals surface area contributed by atoms with E-state index in [1.807, 2.05) is 13.0 Å². The zero-order chi connectivity index (χ0) is 14.5. The molecule has 6 heteroatoms. The fourth-order valence-corrected chi connectivity index (χ4v) is 2.20. The van der Waals surface area contributed by atoms with Crippen LogP contribution >= 0.6 is 23.2 Å². The molecule has 0 spiro atoms. The van der Waals surface area contributed by atoms with Gasteiger partial charge in [0.25, 0.3) is 0 Å². The summed E-state index contributed by atoms with van der Waals surface area (Å²) in [6.07, 6.45) is 1.77. The molecular formula is C14H14Cl2N4. The van der Waals surface area contributed by atoms with Crippen LogP contribution in [0, 0.1) is 6.92 Å². The number of aryl methyl sites for hydroxylation is 1. The van der Waals surface area contributed by atoms with Crippen molar-refractivity contribution in [2.45, 2.75) is 6.92 Å². The maximum atomic E-state index is 5.97. The minimum atomic E-state index is 0.566. The highest BCUT2D eigenvalue weighted by molar-refractivity contribution is 6.35. The number of aromatic nitrogens is 2. The summed E-state index contributed by atoms with van der Waals surface area (Å²) in [5.41, 5.74) is 0.773. The summed E-state index contributed by atoms with van der Waals surface area (Å²) in [6, 6.07) is 7.05. The van der Waals surface area contributed by atoms with Gasteiger partial charge in [0.05, 0.1) is 0 Å². The van der Waals surface area contributed by atoms with Crippen molar-refractivity contribution >= 4 is 40.5 Å². The summed E-state index contributed by atoms with van der Waals surface area (Å²) in [7, 11) is 0. The van der Waals surface area contributed by atoms with Crippen molar-refractivity contribution in [3.8, 4) is 0 Å². The Morgan fingerprint density at radius 3 is 2.40 bits per heavy atom. The predicted octanol–water partition coefficient (Wildman–Crippen LogP) is 4.43. The molecule has 2 aromatic rings. The molecule has 1 aromatic carbocycles. The van der Waals surface area contributed by atoms with E-state index in [4.69, 9.17) is 23.2 Å². The topological polar surface area (TPSA) is 49.8 Å². The van der Waals surface area contributed by atoms with E-state index < -0.39 is 0 Å². The van der Waals surface area contributed by atoms with Crippen LogP contribution in [-0.2, 0) is 0 Å². The van der Waals surface area contributed by atoms with Gasteiger partial charge in [0, 0.05) is 28.3 Å². The van der Waals surface area contributed by atoms with Crippen LogP contribution < -0.4 is 10.6 Å². The maximum absolute atomic E-state index is 5.97. The fourth-order valence-electron chi connectivity index (χ4n) is 1.67. The normalized spacial score (nSPS) is 10.2.